The van der Waals surface area contributed by atoms with Crippen LogP contribution >= 0.6 is 11.6 Å². The predicted octanol–water partition coefficient (Wildman–Crippen LogP) is 1.21. The molecule has 13 heavy (non-hydrogen) atoms. The van der Waals surface area contributed by atoms with Gasteiger partial charge in [0.25, 0.3) is 0 Å². The second-order valence-corrected chi connectivity index (χ2v) is 3.04. The van der Waals surface area contributed by atoms with Gasteiger partial charge in [0.15, 0.2) is 0 Å². The molecule has 0 radical (unpaired) electrons. The second kappa shape index (κ2) is 4.20. The first-order chi connectivity index (χ1) is 6.09. The lowest BCUT2D eigenvalue weighted by molar-refractivity contribution is -0.137. The van der Waals surface area contributed by atoms with Crippen molar-refractivity contribution in [1.82, 2.24) is 4.98 Å². The number of hydrogen-bond donors (Lipinski definition) is 2. The maximum Gasteiger partial charge on any atom is 0.305 e. The van der Waals surface area contributed by atoms with Gasteiger partial charge in [0.05, 0.1) is 23.2 Å². The first-order valence-corrected chi connectivity index (χ1v) is 4.06. The third kappa shape index (κ3) is 3.01. The van der Waals surface area contributed by atoms with E-state index in [1.807, 2.05) is 0 Å². The molecule has 0 aliphatic heterocycles. The molecule has 0 fully saturated rings. The van der Waals surface area contributed by atoms with Gasteiger partial charge in [-0.05, 0) is 12.1 Å². The van der Waals surface area contributed by atoms with Crippen molar-refractivity contribution in [1.29, 1.82) is 0 Å². The van der Waals surface area contributed by atoms with Gasteiger partial charge in [-0.25, -0.2) is 0 Å². The summed E-state index contributed by atoms with van der Waals surface area (Å²) in [6, 6.07) is 2.68. The van der Waals surface area contributed by atoms with E-state index in [2.05, 4.69) is 4.98 Å². The van der Waals surface area contributed by atoms with Gasteiger partial charge in [-0.2, -0.15) is 0 Å². The third-order valence-electron chi connectivity index (χ3n) is 1.52. The lowest BCUT2D eigenvalue weighted by atomic mass is 10.1. The lowest BCUT2D eigenvalue weighted by Crippen LogP contribution is -2.16. The van der Waals surface area contributed by atoms with E-state index in [1.165, 1.54) is 6.20 Å². The molecule has 1 atom stereocenters. The minimum atomic E-state index is -0.941. The molecule has 70 valence electrons. The van der Waals surface area contributed by atoms with Crippen molar-refractivity contribution in [3.05, 3.63) is 29.0 Å². The molecule has 0 saturated heterocycles. The van der Waals surface area contributed by atoms with E-state index in [0.29, 0.717) is 10.7 Å². The summed E-state index contributed by atoms with van der Waals surface area (Å²) in [6.45, 7) is 0. The number of carboxylic acids is 1. The normalized spacial score (nSPS) is 12.5. The van der Waals surface area contributed by atoms with Crippen LogP contribution in [-0.2, 0) is 4.79 Å². The molecule has 5 heteroatoms. The first-order valence-electron chi connectivity index (χ1n) is 3.68. The summed E-state index contributed by atoms with van der Waals surface area (Å²) in [4.78, 5) is 14.2. The van der Waals surface area contributed by atoms with Crippen LogP contribution in [0, 0.1) is 0 Å². The van der Waals surface area contributed by atoms with Crippen molar-refractivity contribution in [3.63, 3.8) is 0 Å². The lowest BCUT2D eigenvalue weighted by Gasteiger charge is -2.07. The average molecular weight is 201 g/mol. The van der Waals surface area contributed by atoms with Gasteiger partial charge in [-0.15, -0.1) is 0 Å². The SMILES string of the molecule is NC(CC(=O)O)c1ccc(Cl)cn1. The van der Waals surface area contributed by atoms with Gasteiger partial charge in [-0.1, -0.05) is 11.6 Å². The van der Waals surface area contributed by atoms with Gasteiger partial charge in [0, 0.05) is 6.20 Å². The molecular formula is C8H9ClN2O2. The fourth-order valence-corrected chi connectivity index (χ4v) is 1.01. The van der Waals surface area contributed by atoms with E-state index in [1.54, 1.807) is 12.1 Å². The van der Waals surface area contributed by atoms with Crippen molar-refractivity contribution in [2.45, 2.75) is 12.5 Å². The first kappa shape index (κ1) is 9.95. The number of aliphatic carboxylic acids is 1. The van der Waals surface area contributed by atoms with Gasteiger partial charge < -0.3 is 10.8 Å². The Morgan fingerprint density at radius 2 is 2.38 bits per heavy atom. The summed E-state index contributed by atoms with van der Waals surface area (Å²) >= 11 is 5.60. The Labute approximate surface area is 80.3 Å². The molecule has 0 amide bonds. The maximum absolute atomic E-state index is 10.3. The topological polar surface area (TPSA) is 76.2 Å². The standard InChI is InChI=1S/C8H9ClN2O2/c9-5-1-2-7(11-4-5)6(10)3-8(12)13/h1-2,4,6H,3,10H2,(H,12,13). The van der Waals surface area contributed by atoms with Crippen LogP contribution in [0.1, 0.15) is 18.2 Å². The minimum absolute atomic E-state index is 0.130. The molecule has 0 saturated carbocycles. The van der Waals surface area contributed by atoms with Gasteiger partial charge in [0.2, 0.25) is 0 Å². The number of nitrogens with two attached hydrogens (primary N) is 1. The smallest absolute Gasteiger partial charge is 0.305 e. The van der Waals surface area contributed by atoms with Crippen molar-refractivity contribution in [2.24, 2.45) is 5.73 Å². The fraction of sp³-hybridized carbons (Fsp3) is 0.250. The van der Waals surface area contributed by atoms with Crippen molar-refractivity contribution >= 4 is 17.6 Å². The number of rotatable bonds is 3. The van der Waals surface area contributed by atoms with Crippen LogP contribution in [-0.4, -0.2) is 16.1 Å². The maximum atomic E-state index is 10.3. The molecule has 1 heterocycles. The minimum Gasteiger partial charge on any atom is -0.481 e. The Hall–Kier alpha value is -1.13. The molecule has 3 N–H and O–H groups in total. The van der Waals surface area contributed by atoms with Gasteiger partial charge >= 0.3 is 5.97 Å². The van der Waals surface area contributed by atoms with Gasteiger partial charge in [-0.3, -0.25) is 9.78 Å². The number of hydrogen-bond acceptors (Lipinski definition) is 3. The molecule has 0 spiro atoms. The average Bonchev–Trinajstić information content (AvgIpc) is 2.04. The summed E-state index contributed by atoms with van der Waals surface area (Å²) in [5, 5.41) is 8.97. The monoisotopic (exact) mass is 200 g/mol. The van der Waals surface area contributed by atoms with E-state index in [9.17, 15) is 4.79 Å². The molecule has 1 unspecified atom stereocenters. The summed E-state index contributed by atoms with van der Waals surface area (Å²) in [5.41, 5.74) is 6.09. The van der Waals surface area contributed by atoms with Crippen LogP contribution in [0.25, 0.3) is 0 Å². The largest absolute Gasteiger partial charge is 0.481 e. The van der Waals surface area contributed by atoms with Crippen LogP contribution in [0.5, 0.6) is 0 Å². The molecule has 1 aromatic rings. The quantitative estimate of drug-likeness (QED) is 0.769. The van der Waals surface area contributed by atoms with Crippen molar-refractivity contribution in [2.75, 3.05) is 0 Å². The van der Waals surface area contributed by atoms with Crippen LogP contribution in [0.2, 0.25) is 5.02 Å². The van der Waals surface area contributed by atoms with Crippen LogP contribution in [0.3, 0.4) is 0 Å². The summed E-state index contributed by atoms with van der Waals surface area (Å²) in [7, 11) is 0. The number of carbonyl (C=O) groups is 1. The number of nitrogens with zero attached hydrogens (tertiary/aromatic N) is 1. The van der Waals surface area contributed by atoms with Crippen molar-refractivity contribution in [3.8, 4) is 0 Å². The third-order valence-corrected chi connectivity index (χ3v) is 1.75. The Kier molecular flexibility index (Phi) is 3.22. The summed E-state index contributed by atoms with van der Waals surface area (Å²) in [5.74, 6) is -0.941. The Balaban J connectivity index is 2.71. The predicted molar refractivity (Wildman–Crippen MR) is 48.4 cm³/mol. The Bertz CT molecular complexity index is 300. The Morgan fingerprint density at radius 1 is 1.69 bits per heavy atom. The molecule has 0 aliphatic carbocycles. The van der Waals surface area contributed by atoms with Crippen LogP contribution in [0.4, 0.5) is 0 Å². The number of halogens is 1. The highest BCUT2D eigenvalue weighted by Crippen LogP contribution is 2.13. The van der Waals surface area contributed by atoms with Gasteiger partial charge in [0.1, 0.15) is 0 Å². The molecule has 0 aliphatic rings. The van der Waals surface area contributed by atoms with Crippen LogP contribution < -0.4 is 5.73 Å². The van der Waals surface area contributed by atoms with E-state index < -0.39 is 12.0 Å². The molecule has 0 aromatic carbocycles. The fourth-order valence-electron chi connectivity index (χ4n) is 0.899. The molecule has 0 bridgehead atoms. The molecule has 1 aromatic heterocycles. The van der Waals surface area contributed by atoms with Crippen molar-refractivity contribution < 1.29 is 9.90 Å². The zero-order valence-electron chi connectivity index (χ0n) is 6.77. The molecule has 4 nitrogen and oxygen atoms in total. The van der Waals surface area contributed by atoms with E-state index in [-0.39, 0.29) is 6.42 Å². The number of carboxylic acid groups (broad SMARTS) is 1. The summed E-state index contributed by atoms with van der Waals surface area (Å²) < 4.78 is 0. The number of pyridine rings is 1. The highest BCUT2D eigenvalue weighted by Gasteiger charge is 2.11. The van der Waals surface area contributed by atoms with E-state index in [0.717, 1.165) is 0 Å². The molecular weight excluding hydrogens is 192 g/mol. The van der Waals surface area contributed by atoms with E-state index >= 15 is 0 Å². The summed E-state index contributed by atoms with van der Waals surface area (Å²) in [6.07, 6.45) is 1.31. The zero-order chi connectivity index (χ0) is 9.84. The van der Waals surface area contributed by atoms with E-state index in [4.69, 9.17) is 22.4 Å². The van der Waals surface area contributed by atoms with Crippen LogP contribution in [0.15, 0.2) is 18.3 Å². The zero-order valence-corrected chi connectivity index (χ0v) is 7.53. The molecule has 1 rings (SSSR count). The highest BCUT2D eigenvalue weighted by atomic mass is 35.5. The second-order valence-electron chi connectivity index (χ2n) is 2.61. The Morgan fingerprint density at radius 3 is 2.85 bits per heavy atom. The highest BCUT2D eigenvalue weighted by molar-refractivity contribution is 6.30. The number of aromatic nitrogens is 1.